The number of phenols is 1. The van der Waals surface area contributed by atoms with Crippen molar-refractivity contribution in [3.63, 3.8) is 0 Å². The molecule has 3 rings (SSSR count). The molecule has 0 unspecified atom stereocenters. The Labute approximate surface area is 97.8 Å². The van der Waals surface area contributed by atoms with Crippen LogP contribution in [0.1, 0.15) is 24.2 Å². The third kappa shape index (κ3) is 1.37. The summed E-state index contributed by atoms with van der Waals surface area (Å²) in [6, 6.07) is 4.70. The van der Waals surface area contributed by atoms with E-state index in [9.17, 15) is 9.90 Å². The second kappa shape index (κ2) is 3.11. The smallest absolute Gasteiger partial charge is 0.200 e. The number of phenolic OH excluding ortho intramolecular Hbond substituents is 1. The first-order valence-electron chi connectivity index (χ1n) is 5.45. The number of carbonyl (C=O) groups excluding carboxylic acids is 1. The molecule has 0 radical (unpaired) electrons. The number of aromatic hydroxyl groups is 1. The molecule has 2 heterocycles. The summed E-state index contributed by atoms with van der Waals surface area (Å²) in [5, 5.41) is 10.1. The van der Waals surface area contributed by atoms with Crippen LogP contribution >= 0.6 is 0 Å². The van der Waals surface area contributed by atoms with E-state index in [4.69, 9.17) is 9.15 Å². The van der Waals surface area contributed by atoms with Gasteiger partial charge in [0.1, 0.15) is 17.6 Å². The lowest BCUT2D eigenvalue weighted by molar-refractivity contribution is 0.0889. The van der Waals surface area contributed by atoms with Gasteiger partial charge < -0.3 is 14.3 Å². The van der Waals surface area contributed by atoms with Crippen LogP contribution in [0.5, 0.6) is 5.75 Å². The summed E-state index contributed by atoms with van der Waals surface area (Å²) in [4.78, 5) is 12.3. The van der Waals surface area contributed by atoms with E-state index >= 15 is 0 Å². The zero-order valence-electron chi connectivity index (χ0n) is 9.56. The molecule has 0 bridgehead atoms. The molecule has 2 aromatic rings. The molecule has 17 heavy (non-hydrogen) atoms. The summed E-state index contributed by atoms with van der Waals surface area (Å²) < 4.78 is 10.6. The molecule has 1 aromatic heterocycles. The molecule has 1 aromatic carbocycles. The Hall–Kier alpha value is -1.81. The van der Waals surface area contributed by atoms with Crippen LogP contribution in [0.25, 0.3) is 11.0 Å². The van der Waals surface area contributed by atoms with Gasteiger partial charge in [0.05, 0.1) is 11.7 Å². The number of hydrogen-bond acceptors (Lipinski definition) is 4. The number of hydrogen-bond donors (Lipinski definition) is 1. The molecule has 4 heteroatoms. The highest BCUT2D eigenvalue weighted by Gasteiger charge is 2.56. The van der Waals surface area contributed by atoms with E-state index in [0.29, 0.717) is 16.5 Å². The van der Waals surface area contributed by atoms with Gasteiger partial charge in [0, 0.05) is 5.39 Å². The fraction of sp³-hybridized carbons (Fsp3) is 0.308. The molecule has 2 atom stereocenters. The molecule has 4 nitrogen and oxygen atoms in total. The zero-order chi connectivity index (χ0) is 12.2. The monoisotopic (exact) mass is 232 g/mol. The van der Waals surface area contributed by atoms with E-state index in [-0.39, 0.29) is 17.6 Å². The van der Waals surface area contributed by atoms with Gasteiger partial charge in [-0.3, -0.25) is 4.79 Å². The molecule has 0 aliphatic carbocycles. The van der Waals surface area contributed by atoms with Crippen LogP contribution in [-0.4, -0.2) is 22.6 Å². The largest absolute Gasteiger partial charge is 0.508 e. The average molecular weight is 232 g/mol. The first-order chi connectivity index (χ1) is 8.02. The fourth-order valence-corrected chi connectivity index (χ4v) is 2.03. The lowest BCUT2D eigenvalue weighted by atomic mass is 9.96. The van der Waals surface area contributed by atoms with Crippen molar-refractivity contribution in [1.82, 2.24) is 0 Å². The second-order valence-electron chi connectivity index (χ2n) is 4.53. The number of Topliss-reactive ketones (excluding diaryl/α,β-unsaturated/α-hetero) is 1. The standard InChI is InChI=1S/C13H12O4/c1-7-13(2,17-7)12(15)10-6-16-11-4-3-8(14)5-9(10)11/h3-7,14H,1-2H3/t7-,13+/m0/s1. The maximum absolute atomic E-state index is 12.3. The number of ketones is 1. The number of fused-ring (bicyclic) bond motifs is 1. The number of carbonyl (C=O) groups is 1. The molecule has 1 aliphatic rings. The van der Waals surface area contributed by atoms with Gasteiger partial charge in [0.25, 0.3) is 0 Å². The predicted molar refractivity (Wildman–Crippen MR) is 61.2 cm³/mol. The minimum absolute atomic E-state index is 0.0720. The Balaban J connectivity index is 2.12. The number of benzene rings is 1. The Morgan fingerprint density at radius 3 is 2.82 bits per heavy atom. The third-order valence-corrected chi connectivity index (χ3v) is 3.39. The van der Waals surface area contributed by atoms with Crippen LogP contribution in [0.4, 0.5) is 0 Å². The maximum atomic E-state index is 12.3. The molecular formula is C13H12O4. The van der Waals surface area contributed by atoms with Crippen molar-refractivity contribution in [2.45, 2.75) is 25.6 Å². The topological polar surface area (TPSA) is 63.0 Å². The minimum Gasteiger partial charge on any atom is -0.508 e. The molecule has 1 fully saturated rings. The van der Waals surface area contributed by atoms with Gasteiger partial charge in [-0.05, 0) is 32.0 Å². The average Bonchev–Trinajstić information content (AvgIpc) is 2.75. The number of epoxide rings is 1. The van der Waals surface area contributed by atoms with E-state index in [1.165, 1.54) is 18.4 Å². The van der Waals surface area contributed by atoms with Crippen molar-refractivity contribution in [1.29, 1.82) is 0 Å². The van der Waals surface area contributed by atoms with Gasteiger partial charge in [0.2, 0.25) is 5.78 Å². The van der Waals surface area contributed by atoms with Gasteiger partial charge in [-0.15, -0.1) is 0 Å². The highest BCUT2D eigenvalue weighted by molar-refractivity contribution is 6.12. The molecule has 0 amide bonds. The number of furan rings is 1. The molecule has 0 saturated carbocycles. The molecule has 1 aliphatic heterocycles. The van der Waals surface area contributed by atoms with Gasteiger partial charge in [0.15, 0.2) is 5.60 Å². The van der Waals surface area contributed by atoms with Crippen LogP contribution in [0, 0.1) is 0 Å². The second-order valence-corrected chi connectivity index (χ2v) is 4.53. The lowest BCUT2D eigenvalue weighted by Crippen LogP contribution is -2.22. The summed E-state index contributed by atoms with van der Waals surface area (Å²) in [5.74, 6) is 0.0113. The SMILES string of the molecule is C[C@@H]1O[C@@]1(C)C(=O)c1coc2ccc(O)cc12. The van der Waals surface area contributed by atoms with E-state index in [1.54, 1.807) is 13.0 Å². The Morgan fingerprint density at radius 2 is 2.18 bits per heavy atom. The number of rotatable bonds is 2. The zero-order valence-corrected chi connectivity index (χ0v) is 9.56. The van der Waals surface area contributed by atoms with Crippen LogP contribution < -0.4 is 0 Å². The van der Waals surface area contributed by atoms with Crippen molar-refractivity contribution < 1.29 is 19.1 Å². The lowest BCUT2D eigenvalue weighted by Gasteiger charge is -2.02. The van der Waals surface area contributed by atoms with Crippen molar-refractivity contribution in [3.8, 4) is 5.75 Å². The normalized spacial score (nSPS) is 27.3. The molecule has 1 N–H and O–H groups in total. The summed E-state index contributed by atoms with van der Waals surface area (Å²) >= 11 is 0. The summed E-state index contributed by atoms with van der Waals surface area (Å²) in [6.07, 6.45) is 1.35. The predicted octanol–water partition coefficient (Wildman–Crippen LogP) is 2.50. The molecule has 88 valence electrons. The first-order valence-corrected chi connectivity index (χ1v) is 5.45. The number of ether oxygens (including phenoxy) is 1. The first kappa shape index (κ1) is 10.4. The third-order valence-electron chi connectivity index (χ3n) is 3.39. The van der Waals surface area contributed by atoms with Crippen LogP contribution in [0.15, 0.2) is 28.9 Å². The van der Waals surface area contributed by atoms with Crippen LogP contribution in [0.3, 0.4) is 0 Å². The van der Waals surface area contributed by atoms with Crippen molar-refractivity contribution >= 4 is 16.8 Å². The van der Waals surface area contributed by atoms with Gasteiger partial charge in [-0.1, -0.05) is 0 Å². The van der Waals surface area contributed by atoms with E-state index in [0.717, 1.165) is 0 Å². The Kier molecular flexibility index (Phi) is 1.89. The van der Waals surface area contributed by atoms with Crippen LogP contribution in [0.2, 0.25) is 0 Å². The van der Waals surface area contributed by atoms with Crippen molar-refractivity contribution in [3.05, 3.63) is 30.0 Å². The van der Waals surface area contributed by atoms with Gasteiger partial charge >= 0.3 is 0 Å². The van der Waals surface area contributed by atoms with E-state index < -0.39 is 5.60 Å². The summed E-state index contributed by atoms with van der Waals surface area (Å²) in [6.45, 7) is 3.62. The Morgan fingerprint density at radius 1 is 1.47 bits per heavy atom. The minimum atomic E-state index is -0.748. The summed E-state index contributed by atoms with van der Waals surface area (Å²) in [7, 11) is 0. The Bertz CT molecular complexity index is 613. The summed E-state index contributed by atoms with van der Waals surface area (Å²) in [5.41, 5.74) is 0.299. The quantitative estimate of drug-likeness (QED) is 0.638. The van der Waals surface area contributed by atoms with Crippen molar-refractivity contribution in [2.75, 3.05) is 0 Å². The maximum Gasteiger partial charge on any atom is 0.200 e. The molecule has 1 saturated heterocycles. The fourth-order valence-electron chi connectivity index (χ4n) is 2.03. The molecule has 0 spiro atoms. The highest BCUT2D eigenvalue weighted by Crippen LogP contribution is 2.40. The van der Waals surface area contributed by atoms with Gasteiger partial charge in [-0.25, -0.2) is 0 Å². The van der Waals surface area contributed by atoms with E-state index in [2.05, 4.69) is 0 Å². The van der Waals surface area contributed by atoms with Gasteiger partial charge in [-0.2, -0.15) is 0 Å². The van der Waals surface area contributed by atoms with Crippen molar-refractivity contribution in [2.24, 2.45) is 0 Å². The molecular weight excluding hydrogens is 220 g/mol. The van der Waals surface area contributed by atoms with Crippen LogP contribution in [-0.2, 0) is 4.74 Å². The van der Waals surface area contributed by atoms with E-state index in [1.807, 2.05) is 6.92 Å². The highest BCUT2D eigenvalue weighted by atomic mass is 16.6.